The van der Waals surface area contributed by atoms with Crippen LogP contribution in [0.3, 0.4) is 0 Å². The zero-order valence-corrected chi connectivity index (χ0v) is 14.7. The van der Waals surface area contributed by atoms with Gasteiger partial charge in [-0.1, -0.05) is 45.9 Å². The summed E-state index contributed by atoms with van der Waals surface area (Å²) in [4.78, 5) is 2.55. The van der Waals surface area contributed by atoms with E-state index in [1.54, 1.807) is 35.8 Å². The van der Waals surface area contributed by atoms with Crippen molar-refractivity contribution < 1.29 is 9.47 Å². The molecule has 0 aliphatic heterocycles. The molecule has 118 valence electrons. The second-order valence-electron chi connectivity index (χ2n) is 4.94. The van der Waals surface area contributed by atoms with E-state index in [1.807, 2.05) is 0 Å². The van der Waals surface area contributed by atoms with E-state index in [9.17, 15) is 0 Å². The predicted octanol–water partition coefficient (Wildman–Crippen LogP) is 4.86. The number of methoxy groups -OCH3 is 2. The van der Waals surface area contributed by atoms with E-state index in [4.69, 9.17) is 9.47 Å². The van der Waals surface area contributed by atoms with E-state index in [-0.39, 0.29) is 0 Å². The molecule has 4 heteroatoms. The Labute approximate surface area is 141 Å². The monoisotopic (exact) mass is 334 g/mol. The highest BCUT2D eigenvalue weighted by Crippen LogP contribution is 2.37. The number of hydrogen-bond acceptors (Lipinski definition) is 4. The fourth-order valence-corrected chi connectivity index (χ4v) is 3.89. The maximum Gasteiger partial charge on any atom is 0.0502 e. The molecule has 0 N–H and O–H groups in total. The van der Waals surface area contributed by atoms with Gasteiger partial charge in [-0.2, -0.15) is 0 Å². The minimum absolute atomic E-state index is 0.774. The molecule has 2 aromatic carbocycles. The molecule has 2 rings (SSSR count). The largest absolute Gasteiger partial charge is 0.384 e. The maximum absolute atomic E-state index is 5.10. The Hall–Kier alpha value is -0.940. The van der Waals surface area contributed by atoms with Crippen molar-refractivity contribution in [3.63, 3.8) is 0 Å². The van der Waals surface area contributed by atoms with Crippen molar-refractivity contribution in [3.05, 3.63) is 59.7 Å². The summed E-state index contributed by atoms with van der Waals surface area (Å²) in [6.07, 6.45) is 1.94. The van der Waals surface area contributed by atoms with Gasteiger partial charge in [-0.15, -0.1) is 0 Å². The van der Waals surface area contributed by atoms with E-state index < -0.39 is 0 Å². The van der Waals surface area contributed by atoms with Crippen molar-refractivity contribution >= 4 is 21.6 Å². The lowest BCUT2D eigenvalue weighted by atomic mass is 10.2. The fourth-order valence-electron chi connectivity index (χ4n) is 1.96. The van der Waals surface area contributed by atoms with Crippen LogP contribution >= 0.6 is 21.6 Å². The Bertz CT molecular complexity index is 487. The maximum atomic E-state index is 5.10. The van der Waals surface area contributed by atoms with E-state index in [1.165, 1.54) is 20.9 Å². The second-order valence-corrected chi connectivity index (χ2v) is 7.22. The van der Waals surface area contributed by atoms with Crippen molar-refractivity contribution in [3.8, 4) is 0 Å². The molecule has 2 aromatic rings. The summed E-state index contributed by atoms with van der Waals surface area (Å²) in [7, 11) is 7.06. The van der Waals surface area contributed by atoms with Gasteiger partial charge in [0.05, 0.1) is 13.2 Å². The Morgan fingerprint density at radius 1 is 0.636 bits per heavy atom. The highest BCUT2D eigenvalue weighted by atomic mass is 33.1. The van der Waals surface area contributed by atoms with Gasteiger partial charge in [0, 0.05) is 24.0 Å². The molecule has 0 heterocycles. The van der Waals surface area contributed by atoms with Crippen molar-refractivity contribution in [1.29, 1.82) is 0 Å². The highest BCUT2D eigenvalue weighted by molar-refractivity contribution is 8.76. The van der Waals surface area contributed by atoms with Gasteiger partial charge in [0.1, 0.15) is 0 Å². The molecule has 0 aliphatic carbocycles. The van der Waals surface area contributed by atoms with Crippen molar-refractivity contribution in [2.75, 3.05) is 27.4 Å². The molecule has 0 saturated heterocycles. The van der Waals surface area contributed by atoms with Crippen molar-refractivity contribution in [2.45, 2.75) is 22.6 Å². The number of benzene rings is 2. The van der Waals surface area contributed by atoms with Crippen LogP contribution in [-0.2, 0) is 22.3 Å². The molecule has 0 radical (unpaired) electrons. The van der Waals surface area contributed by atoms with Gasteiger partial charge in [-0.05, 0) is 48.2 Å². The summed E-state index contributed by atoms with van der Waals surface area (Å²) >= 11 is 0. The molecule has 0 fully saturated rings. The molecule has 0 bridgehead atoms. The molecule has 0 amide bonds. The van der Waals surface area contributed by atoms with Crippen molar-refractivity contribution in [1.82, 2.24) is 0 Å². The minimum atomic E-state index is 0.774. The first kappa shape index (κ1) is 17.4. The van der Waals surface area contributed by atoms with Crippen LogP contribution in [0.4, 0.5) is 0 Å². The second kappa shape index (κ2) is 9.95. The van der Waals surface area contributed by atoms with E-state index in [0.717, 1.165) is 26.1 Å². The SMILES string of the molecule is COCCc1ccc(SSc2ccc(CCOC)cc2)cc1. The first-order valence-electron chi connectivity index (χ1n) is 7.32. The summed E-state index contributed by atoms with van der Waals surface area (Å²) in [5.74, 6) is 0. The molecule has 0 unspecified atom stereocenters. The molecule has 0 aromatic heterocycles. The summed E-state index contributed by atoms with van der Waals surface area (Å²) in [6, 6.07) is 17.4. The van der Waals surface area contributed by atoms with Gasteiger partial charge in [-0.3, -0.25) is 0 Å². The Kier molecular flexibility index (Phi) is 7.88. The van der Waals surface area contributed by atoms with Crippen LogP contribution in [0.15, 0.2) is 58.3 Å². The quantitative estimate of drug-likeness (QED) is 0.609. The van der Waals surface area contributed by atoms with Gasteiger partial charge in [0.2, 0.25) is 0 Å². The Morgan fingerprint density at radius 3 is 1.32 bits per heavy atom. The number of hydrogen-bond donors (Lipinski definition) is 0. The third kappa shape index (κ3) is 6.05. The summed E-state index contributed by atoms with van der Waals surface area (Å²) in [5, 5.41) is 0. The molecule has 22 heavy (non-hydrogen) atoms. The Morgan fingerprint density at radius 2 is 1.00 bits per heavy atom. The summed E-state index contributed by atoms with van der Waals surface area (Å²) in [6.45, 7) is 1.55. The summed E-state index contributed by atoms with van der Waals surface area (Å²) < 4.78 is 10.2. The molecule has 0 atom stereocenters. The van der Waals surface area contributed by atoms with E-state index in [2.05, 4.69) is 48.5 Å². The van der Waals surface area contributed by atoms with Crippen LogP contribution in [0.25, 0.3) is 0 Å². The molecular weight excluding hydrogens is 312 g/mol. The number of rotatable bonds is 9. The van der Waals surface area contributed by atoms with Crippen LogP contribution < -0.4 is 0 Å². The number of ether oxygens (including phenoxy) is 2. The average molecular weight is 335 g/mol. The molecular formula is C18H22O2S2. The zero-order valence-electron chi connectivity index (χ0n) is 13.1. The fraction of sp³-hybridized carbons (Fsp3) is 0.333. The first-order chi connectivity index (χ1) is 10.8. The van der Waals surface area contributed by atoms with Gasteiger partial charge in [0.15, 0.2) is 0 Å². The first-order valence-corrected chi connectivity index (χ1v) is 9.47. The van der Waals surface area contributed by atoms with Gasteiger partial charge >= 0.3 is 0 Å². The van der Waals surface area contributed by atoms with Crippen molar-refractivity contribution in [2.24, 2.45) is 0 Å². The van der Waals surface area contributed by atoms with Gasteiger partial charge in [0.25, 0.3) is 0 Å². The van der Waals surface area contributed by atoms with Crippen LogP contribution in [0.1, 0.15) is 11.1 Å². The lowest BCUT2D eigenvalue weighted by Crippen LogP contribution is -1.93. The normalized spacial score (nSPS) is 10.8. The standard InChI is InChI=1S/C18H22O2S2/c1-19-13-11-15-3-7-17(8-4-15)21-22-18-9-5-16(6-10-18)12-14-20-2/h3-10H,11-14H2,1-2H3. The molecule has 0 aliphatic rings. The lowest BCUT2D eigenvalue weighted by molar-refractivity contribution is 0.202. The Balaban J connectivity index is 1.81. The zero-order chi connectivity index (χ0) is 15.6. The molecule has 0 saturated carbocycles. The van der Waals surface area contributed by atoms with E-state index >= 15 is 0 Å². The third-order valence-electron chi connectivity index (χ3n) is 3.27. The smallest absolute Gasteiger partial charge is 0.0502 e. The van der Waals surface area contributed by atoms with Gasteiger partial charge in [-0.25, -0.2) is 0 Å². The lowest BCUT2D eigenvalue weighted by Gasteiger charge is -2.05. The summed E-state index contributed by atoms with van der Waals surface area (Å²) in [5.41, 5.74) is 2.64. The average Bonchev–Trinajstić information content (AvgIpc) is 2.58. The van der Waals surface area contributed by atoms with Crippen LogP contribution in [0.2, 0.25) is 0 Å². The highest BCUT2D eigenvalue weighted by Gasteiger charge is 2.00. The van der Waals surface area contributed by atoms with Gasteiger partial charge < -0.3 is 9.47 Å². The van der Waals surface area contributed by atoms with Crippen LogP contribution in [0.5, 0.6) is 0 Å². The third-order valence-corrected chi connectivity index (χ3v) is 5.69. The predicted molar refractivity (Wildman–Crippen MR) is 95.8 cm³/mol. The molecule has 0 spiro atoms. The van der Waals surface area contributed by atoms with E-state index in [0.29, 0.717) is 0 Å². The topological polar surface area (TPSA) is 18.5 Å². The van der Waals surface area contributed by atoms with Crippen LogP contribution in [0, 0.1) is 0 Å². The minimum Gasteiger partial charge on any atom is -0.384 e. The molecule has 2 nitrogen and oxygen atoms in total. The van der Waals surface area contributed by atoms with Crippen LogP contribution in [-0.4, -0.2) is 27.4 Å².